The van der Waals surface area contributed by atoms with E-state index in [4.69, 9.17) is 14.5 Å². The molecule has 3 aromatic carbocycles. The number of methoxy groups -OCH3 is 1. The first-order valence-electron chi connectivity index (χ1n) is 12.9. The minimum absolute atomic E-state index is 0.398. The number of hydrogen-bond donors (Lipinski definition) is 1. The van der Waals surface area contributed by atoms with Crippen molar-refractivity contribution < 1.29 is 19.1 Å². The topological polar surface area (TPSA) is 82.5 Å². The van der Waals surface area contributed by atoms with Crippen LogP contribution in [-0.2, 0) is 22.4 Å². The molecular weight excluding hydrogens is 478 g/mol. The Kier molecular flexibility index (Phi) is 8.15. The molecule has 7 nitrogen and oxygen atoms in total. The summed E-state index contributed by atoms with van der Waals surface area (Å²) in [5.41, 5.74) is 4.83. The van der Waals surface area contributed by atoms with Crippen molar-refractivity contribution in [3.05, 3.63) is 83.7 Å². The van der Waals surface area contributed by atoms with E-state index in [0.29, 0.717) is 17.8 Å². The average Bonchev–Trinajstić information content (AvgIpc) is 3.23. The quantitative estimate of drug-likeness (QED) is 0.251. The Morgan fingerprint density at radius 2 is 1.76 bits per heavy atom. The van der Waals surface area contributed by atoms with Crippen LogP contribution in [0.2, 0.25) is 0 Å². The maximum atomic E-state index is 12.7. The molecule has 0 atom stereocenters. The number of esters is 1. The van der Waals surface area contributed by atoms with E-state index in [1.54, 1.807) is 6.07 Å². The zero-order valence-electron chi connectivity index (χ0n) is 22.7. The second kappa shape index (κ2) is 11.5. The van der Waals surface area contributed by atoms with Crippen LogP contribution in [-0.4, -0.2) is 34.3 Å². The van der Waals surface area contributed by atoms with Crippen LogP contribution in [0.5, 0.6) is 0 Å². The van der Waals surface area contributed by atoms with Gasteiger partial charge in [-0.15, -0.1) is 0 Å². The summed E-state index contributed by atoms with van der Waals surface area (Å²) < 4.78 is 12.7. The number of benzene rings is 3. The Balaban J connectivity index is 1.80. The molecule has 0 aliphatic rings. The molecule has 1 aromatic heterocycles. The number of aryl methyl sites for hydroxylation is 1. The highest BCUT2D eigenvalue weighted by molar-refractivity contribution is 6.02. The number of nitrogens with one attached hydrogen (secondary N) is 1. The number of imidazole rings is 1. The predicted octanol–water partition coefficient (Wildman–Crippen LogP) is 7.23. The van der Waals surface area contributed by atoms with E-state index in [0.717, 1.165) is 52.8 Å². The smallest absolute Gasteiger partial charge is 0.412 e. The highest BCUT2D eigenvalue weighted by atomic mass is 16.6. The predicted molar refractivity (Wildman–Crippen MR) is 151 cm³/mol. The number of hydrogen-bond acceptors (Lipinski definition) is 5. The van der Waals surface area contributed by atoms with Gasteiger partial charge in [-0.2, -0.15) is 0 Å². The second-order valence-electron chi connectivity index (χ2n) is 10.3. The van der Waals surface area contributed by atoms with Crippen molar-refractivity contribution in [2.24, 2.45) is 0 Å². The summed E-state index contributed by atoms with van der Waals surface area (Å²) in [6.45, 7) is 8.12. The Morgan fingerprint density at radius 1 is 1.00 bits per heavy atom. The molecule has 198 valence electrons. The van der Waals surface area contributed by atoms with Crippen molar-refractivity contribution in [2.75, 3.05) is 12.4 Å². The van der Waals surface area contributed by atoms with Gasteiger partial charge in [-0.1, -0.05) is 61.9 Å². The third-order valence-corrected chi connectivity index (χ3v) is 6.15. The molecule has 0 spiro atoms. The van der Waals surface area contributed by atoms with E-state index in [1.165, 1.54) is 7.11 Å². The van der Waals surface area contributed by atoms with E-state index in [-0.39, 0.29) is 0 Å². The summed E-state index contributed by atoms with van der Waals surface area (Å²) in [5, 5.41) is 2.95. The van der Waals surface area contributed by atoms with Gasteiger partial charge in [-0.3, -0.25) is 5.32 Å². The Hall–Kier alpha value is -4.13. The minimum atomic E-state index is -0.622. The van der Waals surface area contributed by atoms with Crippen molar-refractivity contribution in [1.29, 1.82) is 0 Å². The zero-order chi connectivity index (χ0) is 27.3. The van der Waals surface area contributed by atoms with Gasteiger partial charge in [-0.05, 0) is 56.5 Å². The van der Waals surface area contributed by atoms with Gasteiger partial charge in [0.2, 0.25) is 0 Å². The van der Waals surface area contributed by atoms with Crippen LogP contribution >= 0.6 is 0 Å². The van der Waals surface area contributed by atoms with E-state index in [1.807, 2.05) is 81.4 Å². The van der Waals surface area contributed by atoms with Crippen LogP contribution in [0, 0.1) is 0 Å². The monoisotopic (exact) mass is 513 g/mol. The van der Waals surface area contributed by atoms with Crippen molar-refractivity contribution >= 4 is 28.8 Å². The van der Waals surface area contributed by atoms with Crippen LogP contribution in [0.4, 0.5) is 10.5 Å². The Bertz CT molecular complexity index is 1440. The number of aromatic nitrogens is 2. The first-order chi connectivity index (χ1) is 18.2. The first kappa shape index (κ1) is 26.9. The molecule has 0 saturated carbocycles. The zero-order valence-corrected chi connectivity index (χ0v) is 22.7. The Labute approximate surface area is 223 Å². The standard InChI is InChI=1S/C31H35N3O4/c1-6-7-16-27-32-25-15-11-14-24(29(35)37-5)28(25)34(27)20-21-17-18-23(22-12-9-8-10-13-22)26(19-21)33-30(36)38-31(2,3)4/h8-15,17-19H,6-7,16,20H2,1-5H3,(H,33,36). The summed E-state index contributed by atoms with van der Waals surface area (Å²) in [7, 11) is 1.39. The van der Waals surface area contributed by atoms with Crippen LogP contribution in [0.1, 0.15) is 62.3 Å². The van der Waals surface area contributed by atoms with Crippen LogP contribution in [0.15, 0.2) is 66.7 Å². The molecule has 38 heavy (non-hydrogen) atoms. The fourth-order valence-corrected chi connectivity index (χ4v) is 4.46. The molecule has 0 aliphatic heterocycles. The number of fused-ring (bicyclic) bond motifs is 1. The lowest BCUT2D eigenvalue weighted by molar-refractivity contribution is 0.0599. The number of anilines is 1. The summed E-state index contributed by atoms with van der Waals surface area (Å²) in [6.07, 6.45) is 2.28. The van der Waals surface area contributed by atoms with Crippen molar-refractivity contribution in [2.45, 2.75) is 59.1 Å². The lowest BCUT2D eigenvalue weighted by Gasteiger charge is -2.21. The van der Waals surface area contributed by atoms with Gasteiger partial charge in [0.05, 0.1) is 29.4 Å². The van der Waals surface area contributed by atoms with Crippen molar-refractivity contribution in [3.63, 3.8) is 0 Å². The van der Waals surface area contributed by atoms with Crippen molar-refractivity contribution in [1.82, 2.24) is 9.55 Å². The van der Waals surface area contributed by atoms with Gasteiger partial charge in [0.15, 0.2) is 0 Å². The fraction of sp³-hybridized carbons (Fsp3) is 0.323. The number of carbonyl (C=O) groups excluding carboxylic acids is 2. The van der Waals surface area contributed by atoms with E-state index in [9.17, 15) is 9.59 Å². The molecule has 7 heteroatoms. The average molecular weight is 514 g/mol. The molecule has 0 saturated heterocycles. The number of rotatable bonds is 8. The van der Waals surface area contributed by atoms with E-state index >= 15 is 0 Å². The molecular formula is C31H35N3O4. The van der Waals surface area contributed by atoms with Crippen LogP contribution in [0.3, 0.4) is 0 Å². The molecule has 1 heterocycles. The maximum absolute atomic E-state index is 12.7. The minimum Gasteiger partial charge on any atom is -0.465 e. The molecule has 0 fully saturated rings. The first-order valence-corrected chi connectivity index (χ1v) is 12.9. The maximum Gasteiger partial charge on any atom is 0.412 e. The fourth-order valence-electron chi connectivity index (χ4n) is 4.46. The Morgan fingerprint density at radius 3 is 2.45 bits per heavy atom. The molecule has 1 N–H and O–H groups in total. The van der Waals surface area contributed by atoms with Gasteiger partial charge < -0.3 is 14.0 Å². The summed E-state index contributed by atoms with van der Waals surface area (Å²) >= 11 is 0. The molecule has 0 radical (unpaired) electrons. The largest absolute Gasteiger partial charge is 0.465 e. The molecule has 0 bridgehead atoms. The van der Waals surface area contributed by atoms with Crippen LogP contribution < -0.4 is 5.32 Å². The van der Waals surface area contributed by atoms with Gasteiger partial charge in [0, 0.05) is 18.5 Å². The second-order valence-corrected chi connectivity index (χ2v) is 10.3. The van der Waals surface area contributed by atoms with E-state index in [2.05, 4.69) is 16.8 Å². The molecule has 4 aromatic rings. The summed E-state index contributed by atoms with van der Waals surface area (Å²) in [4.78, 5) is 30.2. The lowest BCUT2D eigenvalue weighted by Crippen LogP contribution is -2.27. The third-order valence-electron chi connectivity index (χ3n) is 6.15. The van der Waals surface area contributed by atoms with Gasteiger partial charge in [0.25, 0.3) is 0 Å². The highest BCUT2D eigenvalue weighted by Gasteiger charge is 2.21. The van der Waals surface area contributed by atoms with Gasteiger partial charge in [0.1, 0.15) is 11.4 Å². The number of para-hydroxylation sites is 1. The number of ether oxygens (including phenoxy) is 2. The highest BCUT2D eigenvalue weighted by Crippen LogP contribution is 2.31. The van der Waals surface area contributed by atoms with Gasteiger partial charge >= 0.3 is 12.1 Å². The number of unbranched alkanes of at least 4 members (excludes halogenated alkanes) is 1. The number of amides is 1. The van der Waals surface area contributed by atoms with Crippen molar-refractivity contribution in [3.8, 4) is 11.1 Å². The van der Waals surface area contributed by atoms with Crippen LogP contribution in [0.25, 0.3) is 22.2 Å². The SMILES string of the molecule is CCCCc1nc2cccc(C(=O)OC)c2n1Cc1ccc(-c2ccccc2)c(NC(=O)OC(C)(C)C)c1. The summed E-state index contributed by atoms with van der Waals surface area (Å²) in [5.74, 6) is 0.512. The molecule has 1 amide bonds. The van der Waals surface area contributed by atoms with Gasteiger partial charge in [-0.25, -0.2) is 14.6 Å². The normalized spacial score (nSPS) is 11.4. The molecule has 4 rings (SSSR count). The summed E-state index contributed by atoms with van der Waals surface area (Å²) in [6, 6.07) is 21.4. The number of carbonyl (C=O) groups is 2. The lowest BCUT2D eigenvalue weighted by atomic mass is 10.0. The molecule has 0 unspecified atom stereocenters. The molecule has 0 aliphatic carbocycles. The number of nitrogens with zero attached hydrogens (tertiary/aromatic N) is 2. The van der Waals surface area contributed by atoms with E-state index < -0.39 is 17.7 Å². The third kappa shape index (κ3) is 6.22.